The Labute approximate surface area is 173 Å². The Balaban J connectivity index is 0. The van der Waals surface area contributed by atoms with E-state index in [9.17, 15) is 9.59 Å². The van der Waals surface area contributed by atoms with Gasteiger partial charge in [0, 0.05) is 12.2 Å². The van der Waals surface area contributed by atoms with Crippen molar-refractivity contribution in [2.24, 2.45) is 0 Å². The summed E-state index contributed by atoms with van der Waals surface area (Å²) in [6.07, 6.45) is 19.6. The highest BCUT2D eigenvalue weighted by molar-refractivity contribution is 7.80. The smallest absolute Gasteiger partial charge is 0.306 e. The van der Waals surface area contributed by atoms with Crippen molar-refractivity contribution >= 4 is 24.6 Å². The third-order valence-electron chi connectivity index (χ3n) is 4.38. The molecule has 0 unspecified atom stereocenters. The minimum Gasteiger partial charge on any atom is -0.481 e. The van der Waals surface area contributed by atoms with Crippen LogP contribution >= 0.6 is 12.6 Å². The maximum Gasteiger partial charge on any atom is 0.306 e. The summed E-state index contributed by atoms with van der Waals surface area (Å²) < 4.78 is 5.10. The standard InChI is InChI=1S/C19H38O2S.C3H6O2/c1-2-3-4-5-6-7-8-9-10-11-12-13-14-15-17-21-19(20)16-18-22;1-2-3(4)5/h22H,2-18H2,1H3;2H2,1H3,(H,4,5). The summed E-state index contributed by atoms with van der Waals surface area (Å²) in [5.74, 6) is -0.271. The molecule has 0 heterocycles. The zero-order valence-corrected chi connectivity index (χ0v) is 18.7. The second-order valence-electron chi connectivity index (χ2n) is 7.04. The lowest BCUT2D eigenvalue weighted by Crippen LogP contribution is -2.06. The van der Waals surface area contributed by atoms with Gasteiger partial charge < -0.3 is 9.84 Å². The normalized spacial score (nSPS) is 10.2. The van der Waals surface area contributed by atoms with Crippen molar-refractivity contribution in [2.75, 3.05) is 12.4 Å². The first-order valence-corrected chi connectivity index (χ1v) is 11.7. The minimum atomic E-state index is -0.745. The van der Waals surface area contributed by atoms with Gasteiger partial charge in [0.2, 0.25) is 0 Å². The maximum atomic E-state index is 11.1. The van der Waals surface area contributed by atoms with Gasteiger partial charge in [-0.1, -0.05) is 97.3 Å². The number of rotatable bonds is 18. The molecule has 0 radical (unpaired) electrons. The highest BCUT2D eigenvalue weighted by Gasteiger charge is 2.00. The molecule has 0 saturated carbocycles. The number of carbonyl (C=O) groups is 2. The number of thiol groups is 1. The van der Waals surface area contributed by atoms with E-state index >= 15 is 0 Å². The predicted octanol–water partition coefficient (Wildman–Crippen LogP) is 6.81. The molecule has 0 atom stereocenters. The van der Waals surface area contributed by atoms with Crippen molar-refractivity contribution in [1.82, 2.24) is 0 Å². The van der Waals surface area contributed by atoms with Gasteiger partial charge in [-0.25, -0.2) is 0 Å². The van der Waals surface area contributed by atoms with Crippen LogP contribution in [0.5, 0.6) is 0 Å². The number of ether oxygens (including phenoxy) is 1. The predicted molar refractivity (Wildman–Crippen MR) is 118 cm³/mol. The Morgan fingerprint density at radius 1 is 0.741 bits per heavy atom. The molecule has 0 bridgehead atoms. The van der Waals surface area contributed by atoms with Crippen LogP contribution < -0.4 is 0 Å². The van der Waals surface area contributed by atoms with Crippen LogP contribution in [0.2, 0.25) is 0 Å². The Hall–Kier alpha value is -0.710. The number of carboxylic acid groups (broad SMARTS) is 1. The molecule has 0 aromatic heterocycles. The van der Waals surface area contributed by atoms with Crippen molar-refractivity contribution in [2.45, 2.75) is 117 Å². The molecule has 4 nitrogen and oxygen atoms in total. The van der Waals surface area contributed by atoms with Gasteiger partial charge in [0.25, 0.3) is 0 Å². The molecular weight excluding hydrogens is 360 g/mol. The molecule has 0 amide bonds. The first kappa shape index (κ1) is 28.5. The lowest BCUT2D eigenvalue weighted by Gasteiger charge is -2.04. The molecule has 27 heavy (non-hydrogen) atoms. The number of carbonyl (C=O) groups excluding carboxylic acids is 1. The molecule has 0 aliphatic rings. The van der Waals surface area contributed by atoms with Crippen LogP contribution in [0.25, 0.3) is 0 Å². The van der Waals surface area contributed by atoms with Crippen LogP contribution in [-0.4, -0.2) is 29.4 Å². The van der Waals surface area contributed by atoms with E-state index < -0.39 is 5.97 Å². The van der Waals surface area contributed by atoms with Gasteiger partial charge in [-0.2, -0.15) is 12.6 Å². The zero-order valence-electron chi connectivity index (χ0n) is 17.8. The van der Waals surface area contributed by atoms with Gasteiger partial charge in [-0.05, 0) is 6.42 Å². The monoisotopic (exact) mass is 404 g/mol. The molecule has 0 aliphatic heterocycles. The molecular formula is C22H44O4S. The number of unbranched alkanes of at least 4 members (excludes halogenated alkanes) is 13. The van der Waals surface area contributed by atoms with E-state index in [0.717, 1.165) is 6.42 Å². The van der Waals surface area contributed by atoms with Gasteiger partial charge in [0.1, 0.15) is 0 Å². The number of esters is 1. The van der Waals surface area contributed by atoms with Crippen LogP contribution in [-0.2, 0) is 14.3 Å². The average molecular weight is 405 g/mol. The number of carboxylic acids is 1. The molecule has 5 heteroatoms. The maximum absolute atomic E-state index is 11.1. The summed E-state index contributed by atoms with van der Waals surface area (Å²) in [6.45, 7) is 4.46. The second-order valence-corrected chi connectivity index (χ2v) is 7.48. The molecule has 162 valence electrons. The van der Waals surface area contributed by atoms with Gasteiger partial charge in [0.15, 0.2) is 0 Å². The van der Waals surface area contributed by atoms with E-state index in [2.05, 4.69) is 19.6 Å². The van der Waals surface area contributed by atoms with Crippen molar-refractivity contribution in [3.05, 3.63) is 0 Å². The van der Waals surface area contributed by atoms with Crippen LogP contribution in [0, 0.1) is 0 Å². The molecule has 0 fully saturated rings. The fourth-order valence-corrected chi connectivity index (χ4v) is 2.83. The molecule has 0 aliphatic carbocycles. The zero-order chi connectivity index (χ0) is 20.6. The van der Waals surface area contributed by atoms with Gasteiger partial charge in [-0.3, -0.25) is 9.59 Å². The Morgan fingerprint density at radius 3 is 1.44 bits per heavy atom. The summed E-state index contributed by atoms with van der Waals surface area (Å²) in [5.41, 5.74) is 0. The molecule has 0 spiro atoms. The highest BCUT2D eigenvalue weighted by atomic mass is 32.1. The Morgan fingerprint density at radius 2 is 1.11 bits per heavy atom. The third kappa shape index (κ3) is 30.3. The van der Waals surface area contributed by atoms with E-state index in [-0.39, 0.29) is 12.4 Å². The summed E-state index contributed by atoms with van der Waals surface area (Å²) in [6, 6.07) is 0. The first-order valence-electron chi connectivity index (χ1n) is 11.1. The summed E-state index contributed by atoms with van der Waals surface area (Å²) in [5, 5.41) is 7.72. The lowest BCUT2D eigenvalue weighted by atomic mass is 10.0. The van der Waals surface area contributed by atoms with Crippen molar-refractivity contribution in [3.8, 4) is 0 Å². The van der Waals surface area contributed by atoms with E-state index in [1.165, 1.54) is 83.5 Å². The Bertz CT molecular complexity index is 321. The van der Waals surface area contributed by atoms with Crippen molar-refractivity contribution in [1.29, 1.82) is 0 Å². The fourth-order valence-electron chi connectivity index (χ4n) is 2.65. The van der Waals surface area contributed by atoms with Crippen LogP contribution in [0.4, 0.5) is 0 Å². The van der Waals surface area contributed by atoms with Crippen LogP contribution in [0.1, 0.15) is 117 Å². The van der Waals surface area contributed by atoms with E-state index in [0.29, 0.717) is 18.8 Å². The number of hydrogen-bond donors (Lipinski definition) is 2. The number of aliphatic carboxylic acids is 1. The molecule has 0 aromatic rings. The van der Waals surface area contributed by atoms with Gasteiger partial charge >= 0.3 is 11.9 Å². The first-order chi connectivity index (χ1) is 13.1. The highest BCUT2D eigenvalue weighted by Crippen LogP contribution is 2.12. The van der Waals surface area contributed by atoms with Crippen molar-refractivity contribution < 1.29 is 19.4 Å². The Kier molecular flexibility index (Phi) is 26.7. The van der Waals surface area contributed by atoms with Crippen LogP contribution in [0.3, 0.4) is 0 Å². The topological polar surface area (TPSA) is 63.6 Å². The summed E-state index contributed by atoms with van der Waals surface area (Å²) >= 11 is 4.01. The second kappa shape index (κ2) is 25.3. The SMILES string of the molecule is CCC(=O)O.CCCCCCCCCCCCCCCCOC(=O)CCS. The van der Waals surface area contributed by atoms with Crippen molar-refractivity contribution in [3.63, 3.8) is 0 Å². The van der Waals surface area contributed by atoms with E-state index in [4.69, 9.17) is 9.84 Å². The molecule has 0 rings (SSSR count). The molecule has 0 saturated heterocycles. The van der Waals surface area contributed by atoms with Crippen LogP contribution in [0.15, 0.2) is 0 Å². The van der Waals surface area contributed by atoms with Gasteiger partial charge in [0.05, 0.1) is 13.0 Å². The largest absolute Gasteiger partial charge is 0.481 e. The summed E-state index contributed by atoms with van der Waals surface area (Å²) in [7, 11) is 0. The summed E-state index contributed by atoms with van der Waals surface area (Å²) in [4.78, 5) is 20.5. The number of hydrogen-bond acceptors (Lipinski definition) is 4. The van der Waals surface area contributed by atoms with E-state index in [1.54, 1.807) is 6.92 Å². The van der Waals surface area contributed by atoms with E-state index in [1.807, 2.05) is 0 Å². The average Bonchev–Trinajstić information content (AvgIpc) is 2.65. The third-order valence-corrected chi connectivity index (χ3v) is 4.60. The molecule has 1 N–H and O–H groups in total. The fraction of sp³-hybridized carbons (Fsp3) is 0.909. The van der Waals surface area contributed by atoms with Gasteiger partial charge in [-0.15, -0.1) is 0 Å². The lowest BCUT2D eigenvalue weighted by molar-refractivity contribution is -0.143. The molecule has 0 aromatic carbocycles. The minimum absolute atomic E-state index is 0.107. The quantitative estimate of drug-likeness (QED) is 0.150.